The van der Waals surface area contributed by atoms with Gasteiger partial charge in [-0.25, -0.2) is 0 Å². The largest absolute Gasteiger partial charge is 0.389 e. The molecule has 0 aliphatic carbocycles. The van der Waals surface area contributed by atoms with Crippen LogP contribution in [0.2, 0.25) is 5.02 Å². The summed E-state index contributed by atoms with van der Waals surface area (Å²) in [6.45, 7) is 8.11. The smallest absolute Gasteiger partial charge is 0.0718 e. The van der Waals surface area contributed by atoms with Gasteiger partial charge in [0.25, 0.3) is 0 Å². The first-order valence-corrected chi connectivity index (χ1v) is 8.05. The molecule has 0 heterocycles. The van der Waals surface area contributed by atoms with Gasteiger partial charge >= 0.3 is 0 Å². The third-order valence-electron chi connectivity index (χ3n) is 3.18. The van der Waals surface area contributed by atoms with Crippen molar-refractivity contribution in [1.82, 2.24) is 4.90 Å². The van der Waals surface area contributed by atoms with Gasteiger partial charge in [-0.2, -0.15) is 0 Å². The lowest BCUT2D eigenvalue weighted by molar-refractivity contribution is 0.0370. The van der Waals surface area contributed by atoms with Crippen LogP contribution < -0.4 is 5.73 Å². The van der Waals surface area contributed by atoms with Crippen molar-refractivity contribution in [2.24, 2.45) is 5.73 Å². The van der Waals surface area contributed by atoms with Gasteiger partial charge in [-0.15, -0.1) is 0 Å². The Morgan fingerprint density at radius 2 is 2.10 bits per heavy atom. The number of nitrogens with zero attached hydrogens (tertiary/aromatic N) is 1. The molecule has 0 spiro atoms. The van der Waals surface area contributed by atoms with E-state index in [-0.39, 0.29) is 6.04 Å². The summed E-state index contributed by atoms with van der Waals surface area (Å²) in [6, 6.07) is 5.69. The van der Waals surface area contributed by atoms with Crippen LogP contribution in [0.1, 0.15) is 38.8 Å². The third kappa shape index (κ3) is 6.10. The Kier molecular flexibility index (Phi) is 6.95. The Morgan fingerprint density at radius 3 is 2.60 bits per heavy atom. The maximum absolute atomic E-state index is 9.88. The van der Waals surface area contributed by atoms with Crippen LogP contribution in [0, 0.1) is 0 Å². The zero-order valence-corrected chi connectivity index (χ0v) is 14.7. The Bertz CT molecular complexity index is 434. The zero-order valence-electron chi connectivity index (χ0n) is 12.4. The molecule has 0 saturated heterocycles. The number of hydrogen-bond acceptors (Lipinski definition) is 3. The summed E-state index contributed by atoms with van der Waals surface area (Å²) in [6.07, 6.45) is 0.811. The van der Waals surface area contributed by atoms with Gasteiger partial charge in [-0.1, -0.05) is 40.5 Å². The lowest BCUT2D eigenvalue weighted by Gasteiger charge is -2.29. The lowest BCUT2D eigenvalue weighted by Crippen LogP contribution is -2.39. The van der Waals surface area contributed by atoms with E-state index in [1.165, 1.54) is 0 Å². The van der Waals surface area contributed by atoms with Crippen LogP contribution in [0.15, 0.2) is 22.7 Å². The fourth-order valence-corrected chi connectivity index (χ4v) is 2.99. The van der Waals surface area contributed by atoms with E-state index in [2.05, 4.69) is 27.8 Å². The Balaban J connectivity index is 2.59. The monoisotopic (exact) mass is 362 g/mol. The number of hydrogen-bond donors (Lipinski definition) is 2. The second-order valence-corrected chi connectivity index (χ2v) is 7.07. The quantitative estimate of drug-likeness (QED) is 0.778. The first-order chi connectivity index (χ1) is 9.23. The molecule has 1 aromatic rings. The second kappa shape index (κ2) is 7.76. The van der Waals surface area contributed by atoms with Gasteiger partial charge in [-0.05, 0) is 44.5 Å². The molecule has 114 valence electrons. The first kappa shape index (κ1) is 17.9. The predicted molar refractivity (Wildman–Crippen MR) is 89.1 cm³/mol. The van der Waals surface area contributed by atoms with Crippen molar-refractivity contribution in [2.75, 3.05) is 19.6 Å². The molecule has 0 saturated carbocycles. The van der Waals surface area contributed by atoms with Crippen LogP contribution in [0.4, 0.5) is 0 Å². The highest BCUT2D eigenvalue weighted by Crippen LogP contribution is 2.27. The summed E-state index contributed by atoms with van der Waals surface area (Å²) >= 11 is 9.61. The van der Waals surface area contributed by atoms with Gasteiger partial charge in [0.2, 0.25) is 0 Å². The SMILES string of the molecule is CCN(CCC(N)c1ccc(Br)cc1Cl)CC(C)(C)O. The highest BCUT2D eigenvalue weighted by atomic mass is 79.9. The molecule has 0 amide bonds. The van der Waals surface area contributed by atoms with E-state index in [9.17, 15) is 5.11 Å². The molecule has 3 nitrogen and oxygen atoms in total. The summed E-state index contributed by atoms with van der Waals surface area (Å²) in [7, 11) is 0. The lowest BCUT2D eigenvalue weighted by atomic mass is 10.0. The van der Waals surface area contributed by atoms with E-state index < -0.39 is 5.60 Å². The second-order valence-electron chi connectivity index (χ2n) is 5.74. The molecule has 1 unspecified atom stereocenters. The van der Waals surface area contributed by atoms with Crippen LogP contribution in [0.25, 0.3) is 0 Å². The van der Waals surface area contributed by atoms with Crippen molar-refractivity contribution in [1.29, 1.82) is 0 Å². The van der Waals surface area contributed by atoms with Crippen molar-refractivity contribution < 1.29 is 5.11 Å². The summed E-state index contributed by atoms with van der Waals surface area (Å²) in [4.78, 5) is 2.20. The standard InChI is InChI=1S/C15H24BrClN2O/c1-4-19(10-15(2,3)20)8-7-14(18)12-6-5-11(16)9-13(12)17/h5-6,9,14,20H,4,7-8,10,18H2,1-3H3. The molecule has 1 atom stereocenters. The van der Waals surface area contributed by atoms with E-state index in [0.717, 1.165) is 29.5 Å². The van der Waals surface area contributed by atoms with Gasteiger partial charge in [0.1, 0.15) is 0 Å². The van der Waals surface area contributed by atoms with Crippen LogP contribution in [0.5, 0.6) is 0 Å². The molecule has 5 heteroatoms. The molecule has 0 fully saturated rings. The van der Waals surface area contributed by atoms with Crippen molar-refractivity contribution in [3.63, 3.8) is 0 Å². The van der Waals surface area contributed by atoms with Crippen LogP contribution in [-0.4, -0.2) is 35.2 Å². The molecule has 0 aromatic heterocycles. The van der Waals surface area contributed by atoms with Gasteiger partial charge in [0.15, 0.2) is 0 Å². The van der Waals surface area contributed by atoms with Crippen molar-refractivity contribution in [3.8, 4) is 0 Å². The maximum Gasteiger partial charge on any atom is 0.0718 e. The topological polar surface area (TPSA) is 49.5 Å². The molecule has 1 rings (SSSR count). The van der Waals surface area contributed by atoms with E-state index in [1.807, 2.05) is 32.0 Å². The van der Waals surface area contributed by atoms with Gasteiger partial charge in [-0.3, -0.25) is 0 Å². The van der Waals surface area contributed by atoms with Crippen molar-refractivity contribution in [2.45, 2.75) is 38.8 Å². The van der Waals surface area contributed by atoms with E-state index in [1.54, 1.807) is 0 Å². The Labute approximate surface area is 135 Å². The molecule has 1 aromatic carbocycles. The normalized spacial score (nSPS) is 13.8. The molecule has 0 bridgehead atoms. The molecular weight excluding hydrogens is 340 g/mol. The number of likely N-dealkylation sites (N-methyl/N-ethyl adjacent to an activating group) is 1. The molecule has 0 aliphatic rings. The summed E-state index contributed by atoms with van der Waals surface area (Å²) in [5.41, 5.74) is 6.51. The van der Waals surface area contributed by atoms with Crippen molar-refractivity contribution >= 4 is 27.5 Å². The minimum absolute atomic E-state index is 0.0912. The molecule has 3 N–H and O–H groups in total. The average molecular weight is 364 g/mol. The average Bonchev–Trinajstić information content (AvgIpc) is 2.32. The first-order valence-electron chi connectivity index (χ1n) is 6.88. The maximum atomic E-state index is 9.88. The van der Waals surface area contributed by atoms with E-state index in [0.29, 0.717) is 11.6 Å². The number of nitrogens with two attached hydrogens (primary N) is 1. The van der Waals surface area contributed by atoms with Crippen LogP contribution in [-0.2, 0) is 0 Å². The van der Waals surface area contributed by atoms with E-state index >= 15 is 0 Å². The van der Waals surface area contributed by atoms with Gasteiger partial charge in [0.05, 0.1) is 5.60 Å². The molecule has 0 radical (unpaired) electrons. The predicted octanol–water partition coefficient (Wildman–Crippen LogP) is 3.59. The molecular formula is C15H24BrClN2O. The summed E-state index contributed by atoms with van der Waals surface area (Å²) in [5.74, 6) is 0. The summed E-state index contributed by atoms with van der Waals surface area (Å²) in [5, 5.41) is 10.6. The van der Waals surface area contributed by atoms with Gasteiger partial charge in [0, 0.05) is 28.6 Å². The van der Waals surface area contributed by atoms with Crippen LogP contribution in [0.3, 0.4) is 0 Å². The Hall–Kier alpha value is -0.130. The van der Waals surface area contributed by atoms with Gasteiger partial charge < -0.3 is 15.7 Å². The number of benzene rings is 1. The number of halogens is 2. The highest BCUT2D eigenvalue weighted by molar-refractivity contribution is 9.10. The highest BCUT2D eigenvalue weighted by Gasteiger charge is 2.18. The van der Waals surface area contributed by atoms with Crippen molar-refractivity contribution in [3.05, 3.63) is 33.3 Å². The number of rotatable bonds is 7. The Morgan fingerprint density at radius 1 is 1.45 bits per heavy atom. The van der Waals surface area contributed by atoms with Crippen LogP contribution >= 0.6 is 27.5 Å². The minimum atomic E-state index is -0.685. The number of aliphatic hydroxyl groups is 1. The van der Waals surface area contributed by atoms with E-state index in [4.69, 9.17) is 17.3 Å². The third-order valence-corrected chi connectivity index (χ3v) is 4.00. The molecule has 20 heavy (non-hydrogen) atoms. The molecule has 0 aliphatic heterocycles. The summed E-state index contributed by atoms with van der Waals surface area (Å²) < 4.78 is 0.954. The fraction of sp³-hybridized carbons (Fsp3) is 0.600. The zero-order chi connectivity index (χ0) is 15.3. The fourth-order valence-electron chi connectivity index (χ4n) is 2.18. The minimum Gasteiger partial charge on any atom is -0.389 e.